The van der Waals surface area contributed by atoms with E-state index in [-0.39, 0.29) is 48.8 Å². The van der Waals surface area contributed by atoms with Gasteiger partial charge < -0.3 is 29.6 Å². The number of piperazine rings is 1. The van der Waals surface area contributed by atoms with Gasteiger partial charge in [0, 0.05) is 51.4 Å². The fourth-order valence-corrected chi connectivity index (χ4v) is 4.81. The number of anilines is 1. The van der Waals surface area contributed by atoms with Crippen molar-refractivity contribution in [2.45, 2.75) is 18.9 Å². The highest BCUT2D eigenvalue weighted by Crippen LogP contribution is 2.32. The van der Waals surface area contributed by atoms with E-state index in [0.29, 0.717) is 65.1 Å². The SMILES string of the molecule is Cl.Cl.O=C1CCC(N2C(=O)c3cccc(NCCOCCOCCOCCOCCN4CCNCC4)c3C2=O)C(=O)N1. The van der Waals surface area contributed by atoms with Gasteiger partial charge in [-0.1, -0.05) is 6.07 Å². The number of imide groups is 2. The second-order valence-electron chi connectivity index (χ2n) is 9.64. The zero-order valence-electron chi connectivity index (χ0n) is 23.6. The number of benzene rings is 1. The first-order valence-electron chi connectivity index (χ1n) is 13.9. The van der Waals surface area contributed by atoms with Gasteiger partial charge in [0.15, 0.2) is 0 Å². The van der Waals surface area contributed by atoms with Gasteiger partial charge in [0.2, 0.25) is 11.8 Å². The molecule has 1 atom stereocenters. The quantitative estimate of drug-likeness (QED) is 0.161. The topological polar surface area (TPSA) is 148 Å². The van der Waals surface area contributed by atoms with E-state index in [1.54, 1.807) is 18.2 Å². The molecular formula is C27H41Cl2N5O8. The minimum Gasteiger partial charge on any atom is -0.382 e. The van der Waals surface area contributed by atoms with Gasteiger partial charge in [-0.05, 0) is 18.6 Å². The maximum Gasteiger partial charge on any atom is 0.264 e. The third-order valence-corrected chi connectivity index (χ3v) is 6.91. The molecule has 0 aromatic heterocycles. The summed E-state index contributed by atoms with van der Waals surface area (Å²) in [6.45, 7) is 9.58. The van der Waals surface area contributed by atoms with Crippen molar-refractivity contribution in [3.05, 3.63) is 29.3 Å². The molecule has 1 aromatic carbocycles. The Kier molecular flexibility index (Phi) is 16.2. The van der Waals surface area contributed by atoms with Crippen LogP contribution in [0.2, 0.25) is 0 Å². The fourth-order valence-electron chi connectivity index (χ4n) is 4.81. The molecule has 13 nitrogen and oxygen atoms in total. The second-order valence-corrected chi connectivity index (χ2v) is 9.64. The molecule has 0 radical (unpaired) electrons. The predicted octanol–water partition coefficient (Wildman–Crippen LogP) is 0.315. The van der Waals surface area contributed by atoms with Crippen molar-refractivity contribution in [2.75, 3.05) is 97.4 Å². The maximum absolute atomic E-state index is 13.1. The van der Waals surface area contributed by atoms with Crippen LogP contribution in [0.25, 0.3) is 0 Å². The third kappa shape index (κ3) is 10.1. The minimum atomic E-state index is -0.993. The van der Waals surface area contributed by atoms with Gasteiger partial charge in [-0.3, -0.25) is 34.3 Å². The summed E-state index contributed by atoms with van der Waals surface area (Å²) >= 11 is 0. The summed E-state index contributed by atoms with van der Waals surface area (Å²) in [5, 5.41) is 8.67. The summed E-state index contributed by atoms with van der Waals surface area (Å²) < 4.78 is 22.2. The van der Waals surface area contributed by atoms with Crippen LogP contribution in [0.5, 0.6) is 0 Å². The number of halogens is 2. The van der Waals surface area contributed by atoms with E-state index in [1.807, 2.05) is 0 Å². The van der Waals surface area contributed by atoms with Crippen LogP contribution in [-0.4, -0.2) is 132 Å². The largest absolute Gasteiger partial charge is 0.382 e. The number of amides is 4. The summed E-state index contributed by atoms with van der Waals surface area (Å²) in [5.74, 6) is -2.12. The molecule has 236 valence electrons. The maximum atomic E-state index is 13.1. The Morgan fingerprint density at radius 2 is 1.43 bits per heavy atom. The molecule has 2 fully saturated rings. The predicted molar refractivity (Wildman–Crippen MR) is 159 cm³/mol. The van der Waals surface area contributed by atoms with E-state index < -0.39 is 29.7 Å². The van der Waals surface area contributed by atoms with E-state index in [2.05, 4.69) is 20.9 Å². The number of hydrogen-bond acceptors (Lipinski definition) is 11. The Morgan fingerprint density at radius 3 is 2.07 bits per heavy atom. The third-order valence-electron chi connectivity index (χ3n) is 6.91. The number of carbonyl (C=O) groups is 4. The van der Waals surface area contributed by atoms with Crippen LogP contribution < -0.4 is 16.0 Å². The molecule has 0 bridgehead atoms. The first-order chi connectivity index (χ1) is 19.6. The average Bonchev–Trinajstić information content (AvgIpc) is 3.21. The van der Waals surface area contributed by atoms with Crippen molar-refractivity contribution < 1.29 is 38.1 Å². The number of fused-ring (bicyclic) bond motifs is 1. The molecule has 0 saturated carbocycles. The second kappa shape index (κ2) is 19.0. The van der Waals surface area contributed by atoms with Gasteiger partial charge in [0.1, 0.15) is 6.04 Å². The van der Waals surface area contributed by atoms with Crippen molar-refractivity contribution in [3.8, 4) is 0 Å². The molecule has 0 spiro atoms. The molecule has 3 N–H and O–H groups in total. The fraction of sp³-hybridized carbons (Fsp3) is 0.630. The van der Waals surface area contributed by atoms with Crippen LogP contribution in [0.4, 0.5) is 5.69 Å². The van der Waals surface area contributed by atoms with Crippen molar-refractivity contribution in [3.63, 3.8) is 0 Å². The van der Waals surface area contributed by atoms with E-state index in [9.17, 15) is 19.2 Å². The monoisotopic (exact) mass is 633 g/mol. The van der Waals surface area contributed by atoms with Crippen LogP contribution >= 0.6 is 24.8 Å². The molecule has 3 aliphatic heterocycles. The lowest BCUT2D eigenvalue weighted by Gasteiger charge is -2.27. The van der Waals surface area contributed by atoms with Gasteiger partial charge in [0.05, 0.1) is 64.0 Å². The number of hydrogen-bond donors (Lipinski definition) is 3. The number of nitrogens with one attached hydrogen (secondary N) is 3. The van der Waals surface area contributed by atoms with Crippen molar-refractivity contribution in [2.24, 2.45) is 0 Å². The molecule has 0 aliphatic carbocycles. The number of rotatable bonds is 17. The van der Waals surface area contributed by atoms with Gasteiger partial charge in [0.25, 0.3) is 11.8 Å². The van der Waals surface area contributed by atoms with Crippen LogP contribution in [0.1, 0.15) is 33.6 Å². The lowest BCUT2D eigenvalue weighted by molar-refractivity contribution is -0.136. The smallest absolute Gasteiger partial charge is 0.264 e. The molecule has 42 heavy (non-hydrogen) atoms. The highest BCUT2D eigenvalue weighted by atomic mass is 35.5. The molecule has 15 heteroatoms. The van der Waals surface area contributed by atoms with Gasteiger partial charge >= 0.3 is 0 Å². The molecule has 3 heterocycles. The highest BCUT2D eigenvalue weighted by Gasteiger charge is 2.45. The van der Waals surface area contributed by atoms with Crippen LogP contribution in [0.15, 0.2) is 18.2 Å². The molecule has 4 rings (SSSR count). The highest BCUT2D eigenvalue weighted by molar-refractivity contribution is 6.25. The lowest BCUT2D eigenvalue weighted by atomic mass is 10.0. The number of ether oxygens (including phenoxy) is 4. The van der Waals surface area contributed by atoms with Gasteiger partial charge in [-0.2, -0.15) is 0 Å². The first kappa shape index (κ1) is 35.8. The van der Waals surface area contributed by atoms with E-state index in [1.165, 1.54) is 0 Å². The van der Waals surface area contributed by atoms with Crippen LogP contribution in [0, 0.1) is 0 Å². The Balaban J connectivity index is 0.00000308. The van der Waals surface area contributed by atoms with E-state index in [4.69, 9.17) is 18.9 Å². The lowest BCUT2D eigenvalue weighted by Crippen LogP contribution is -2.54. The molecule has 1 unspecified atom stereocenters. The Hall–Kier alpha value is -2.36. The Morgan fingerprint density at radius 1 is 0.810 bits per heavy atom. The number of carbonyl (C=O) groups excluding carboxylic acids is 4. The first-order valence-corrected chi connectivity index (χ1v) is 13.9. The zero-order valence-corrected chi connectivity index (χ0v) is 25.2. The summed E-state index contributed by atoms with van der Waals surface area (Å²) in [7, 11) is 0. The normalized spacial score (nSPS) is 18.8. The summed E-state index contributed by atoms with van der Waals surface area (Å²) in [5.41, 5.74) is 0.957. The molecular weight excluding hydrogens is 593 g/mol. The van der Waals surface area contributed by atoms with Crippen molar-refractivity contribution >= 4 is 54.1 Å². The average molecular weight is 635 g/mol. The minimum absolute atomic E-state index is 0. The van der Waals surface area contributed by atoms with Crippen molar-refractivity contribution in [1.29, 1.82) is 0 Å². The van der Waals surface area contributed by atoms with Crippen LogP contribution in [0.3, 0.4) is 0 Å². The van der Waals surface area contributed by atoms with Gasteiger partial charge in [-0.15, -0.1) is 24.8 Å². The Labute approximate surface area is 258 Å². The molecule has 2 saturated heterocycles. The zero-order chi connectivity index (χ0) is 28.2. The standard InChI is InChI=1S/C27H39N5O8.2ClH/c33-23-5-4-22(25(34)30-23)32-26(35)20-2-1-3-21(24(20)27(32)36)29-8-12-37-14-16-39-18-19-40-17-15-38-13-11-31-9-6-28-7-10-31;;/h1-3,22,28-29H,4-19H2,(H,30,33,34);2*1H. The van der Waals surface area contributed by atoms with Crippen molar-refractivity contribution in [1.82, 2.24) is 20.4 Å². The molecule has 3 aliphatic rings. The van der Waals surface area contributed by atoms with Crippen LogP contribution in [-0.2, 0) is 28.5 Å². The summed E-state index contributed by atoms with van der Waals surface area (Å²) in [4.78, 5) is 53.0. The summed E-state index contributed by atoms with van der Waals surface area (Å²) in [6.07, 6.45) is 0.197. The van der Waals surface area contributed by atoms with E-state index in [0.717, 1.165) is 37.6 Å². The molecule has 4 amide bonds. The summed E-state index contributed by atoms with van der Waals surface area (Å²) in [6, 6.07) is 3.95. The van der Waals surface area contributed by atoms with E-state index >= 15 is 0 Å². The number of nitrogens with zero attached hydrogens (tertiary/aromatic N) is 2. The van der Waals surface area contributed by atoms with Gasteiger partial charge in [-0.25, -0.2) is 0 Å². The molecule has 1 aromatic rings. The number of piperidine rings is 1. The Bertz CT molecular complexity index is 1040.